The van der Waals surface area contributed by atoms with Crippen LogP contribution in [0.3, 0.4) is 0 Å². The Kier molecular flexibility index (Phi) is 4.24. The average Bonchev–Trinajstić information content (AvgIpc) is 3.28. The number of nitrogens with zero attached hydrogens (tertiary/aromatic N) is 2. The van der Waals surface area contributed by atoms with Crippen molar-refractivity contribution in [3.8, 4) is 5.75 Å². The quantitative estimate of drug-likeness (QED) is 0.661. The van der Waals surface area contributed by atoms with Crippen LogP contribution in [0, 0.1) is 20.8 Å². The van der Waals surface area contributed by atoms with Gasteiger partial charge in [0.05, 0.1) is 5.39 Å². The summed E-state index contributed by atoms with van der Waals surface area (Å²) in [6.07, 6.45) is 1.77. The normalized spacial score (nSPS) is 17.1. The molecule has 2 aromatic heterocycles. The second-order valence-corrected chi connectivity index (χ2v) is 6.61. The van der Waals surface area contributed by atoms with E-state index in [0.717, 1.165) is 36.0 Å². The van der Waals surface area contributed by atoms with Gasteiger partial charge in [-0.05, 0) is 56.9 Å². The summed E-state index contributed by atoms with van der Waals surface area (Å²) < 4.78 is 22.2. The van der Waals surface area contributed by atoms with Crippen molar-refractivity contribution < 1.29 is 18.4 Å². The second-order valence-electron chi connectivity index (χ2n) is 6.61. The molecule has 1 aliphatic rings. The molecule has 0 radical (unpaired) electrons. The minimum absolute atomic E-state index is 0.116. The lowest BCUT2D eigenvalue weighted by atomic mass is 10.0. The maximum absolute atomic E-state index is 11.9. The zero-order chi connectivity index (χ0) is 18.3. The predicted octanol–water partition coefficient (Wildman–Crippen LogP) is 3.53. The van der Waals surface area contributed by atoms with E-state index in [0.29, 0.717) is 28.6 Å². The highest BCUT2D eigenvalue weighted by molar-refractivity contribution is 5.88. The van der Waals surface area contributed by atoms with E-state index >= 15 is 0 Å². The van der Waals surface area contributed by atoms with Gasteiger partial charge in [0.2, 0.25) is 5.82 Å². The molecule has 4 rings (SSSR count). The van der Waals surface area contributed by atoms with Gasteiger partial charge < -0.3 is 18.4 Å². The molecule has 0 spiro atoms. The van der Waals surface area contributed by atoms with Crippen molar-refractivity contribution in [1.29, 1.82) is 0 Å². The van der Waals surface area contributed by atoms with Crippen LogP contribution in [0.1, 0.15) is 47.4 Å². The van der Waals surface area contributed by atoms with Crippen molar-refractivity contribution in [2.75, 3.05) is 6.61 Å². The van der Waals surface area contributed by atoms with Crippen LogP contribution in [0.2, 0.25) is 0 Å². The van der Waals surface area contributed by atoms with Gasteiger partial charge in [-0.2, -0.15) is 4.98 Å². The Morgan fingerprint density at radius 2 is 2.08 bits per heavy atom. The Morgan fingerprint density at radius 3 is 2.85 bits per heavy atom. The number of hydrogen-bond donors (Lipinski definition) is 0. The zero-order valence-electron chi connectivity index (χ0n) is 15.0. The molecular formula is C19H20N2O5. The molecule has 7 nitrogen and oxygen atoms in total. The molecule has 3 aromatic rings. The van der Waals surface area contributed by atoms with Gasteiger partial charge in [-0.15, -0.1) is 0 Å². The van der Waals surface area contributed by atoms with Crippen molar-refractivity contribution in [2.24, 2.45) is 0 Å². The number of benzene rings is 1. The molecule has 3 heterocycles. The van der Waals surface area contributed by atoms with E-state index in [1.165, 1.54) is 0 Å². The van der Waals surface area contributed by atoms with Crippen molar-refractivity contribution in [1.82, 2.24) is 10.1 Å². The molecule has 1 aliphatic heterocycles. The lowest BCUT2D eigenvalue weighted by Gasteiger charge is -2.11. The summed E-state index contributed by atoms with van der Waals surface area (Å²) in [4.78, 5) is 16.3. The third kappa shape index (κ3) is 2.99. The van der Waals surface area contributed by atoms with Crippen LogP contribution in [0.5, 0.6) is 5.75 Å². The van der Waals surface area contributed by atoms with Gasteiger partial charge in [-0.25, -0.2) is 4.79 Å². The molecule has 1 aromatic carbocycles. The summed E-state index contributed by atoms with van der Waals surface area (Å²) in [5.74, 6) is 1.58. The molecule has 26 heavy (non-hydrogen) atoms. The number of aryl methyl sites for hydroxylation is 2. The van der Waals surface area contributed by atoms with Gasteiger partial charge in [-0.1, -0.05) is 5.16 Å². The molecule has 0 bridgehead atoms. The molecule has 1 fully saturated rings. The first-order valence-electron chi connectivity index (χ1n) is 8.64. The summed E-state index contributed by atoms with van der Waals surface area (Å²) >= 11 is 0. The Hall–Kier alpha value is -2.67. The maximum Gasteiger partial charge on any atom is 0.339 e. The summed E-state index contributed by atoms with van der Waals surface area (Å²) in [5, 5.41) is 4.76. The molecule has 1 saturated heterocycles. The van der Waals surface area contributed by atoms with Crippen LogP contribution in [-0.4, -0.2) is 16.7 Å². The van der Waals surface area contributed by atoms with Crippen molar-refractivity contribution >= 4 is 11.0 Å². The molecule has 0 aliphatic carbocycles. The molecule has 0 N–H and O–H groups in total. The van der Waals surface area contributed by atoms with E-state index in [1.807, 2.05) is 26.0 Å². The highest BCUT2D eigenvalue weighted by Crippen LogP contribution is 2.31. The van der Waals surface area contributed by atoms with E-state index in [1.54, 1.807) is 6.92 Å². The topological polar surface area (TPSA) is 87.6 Å². The highest BCUT2D eigenvalue weighted by Gasteiger charge is 2.24. The van der Waals surface area contributed by atoms with Crippen molar-refractivity contribution in [3.05, 3.63) is 51.0 Å². The van der Waals surface area contributed by atoms with Crippen molar-refractivity contribution in [2.45, 2.75) is 46.3 Å². The fraction of sp³-hybridized carbons (Fsp3) is 0.421. The Balaban J connectivity index is 1.63. The molecule has 7 heteroatoms. The van der Waals surface area contributed by atoms with Gasteiger partial charge >= 0.3 is 5.63 Å². The fourth-order valence-electron chi connectivity index (χ4n) is 3.17. The number of aromatic nitrogens is 2. The van der Waals surface area contributed by atoms with Crippen LogP contribution in [0.25, 0.3) is 11.0 Å². The van der Waals surface area contributed by atoms with E-state index in [-0.39, 0.29) is 18.3 Å². The first-order valence-corrected chi connectivity index (χ1v) is 8.64. The maximum atomic E-state index is 11.9. The summed E-state index contributed by atoms with van der Waals surface area (Å²) in [6.45, 7) is 6.44. The summed E-state index contributed by atoms with van der Waals surface area (Å²) in [7, 11) is 0. The van der Waals surface area contributed by atoms with Gasteiger partial charge in [0, 0.05) is 12.2 Å². The van der Waals surface area contributed by atoms with Crippen molar-refractivity contribution in [3.63, 3.8) is 0 Å². The smallest absolute Gasteiger partial charge is 0.339 e. The Morgan fingerprint density at radius 1 is 1.23 bits per heavy atom. The predicted molar refractivity (Wildman–Crippen MR) is 93.3 cm³/mol. The molecule has 0 amide bonds. The fourth-order valence-corrected chi connectivity index (χ4v) is 3.17. The first-order chi connectivity index (χ1) is 12.5. The molecule has 136 valence electrons. The number of fused-ring (bicyclic) bond motifs is 1. The Labute approximate surface area is 149 Å². The number of rotatable bonds is 4. The monoisotopic (exact) mass is 356 g/mol. The lowest BCUT2D eigenvalue weighted by molar-refractivity contribution is 0.0835. The van der Waals surface area contributed by atoms with Gasteiger partial charge in [0.1, 0.15) is 17.4 Å². The summed E-state index contributed by atoms with van der Waals surface area (Å²) in [5.41, 5.74) is 2.55. The summed E-state index contributed by atoms with van der Waals surface area (Å²) in [6, 6.07) is 3.75. The van der Waals surface area contributed by atoms with Crippen LogP contribution < -0.4 is 10.4 Å². The average molecular weight is 356 g/mol. The van der Waals surface area contributed by atoms with Gasteiger partial charge in [0.15, 0.2) is 6.61 Å². The third-order valence-electron chi connectivity index (χ3n) is 4.70. The second kappa shape index (κ2) is 6.57. The van der Waals surface area contributed by atoms with Crippen LogP contribution in [-0.2, 0) is 11.3 Å². The van der Waals surface area contributed by atoms with Gasteiger partial charge in [0.25, 0.3) is 5.89 Å². The van der Waals surface area contributed by atoms with Crippen LogP contribution >= 0.6 is 0 Å². The molecule has 0 saturated carbocycles. The van der Waals surface area contributed by atoms with E-state index in [2.05, 4.69) is 10.1 Å². The molecule has 1 atom stereocenters. The minimum atomic E-state index is -0.328. The van der Waals surface area contributed by atoms with E-state index < -0.39 is 0 Å². The van der Waals surface area contributed by atoms with Gasteiger partial charge in [-0.3, -0.25) is 0 Å². The number of ether oxygens (including phenoxy) is 2. The Bertz CT molecular complexity index is 1010. The third-order valence-corrected chi connectivity index (χ3v) is 4.70. The number of hydrogen-bond acceptors (Lipinski definition) is 7. The standard InChI is InChI=1S/C19H20N2O5/c1-10-7-14(17-11(2)12(3)19(22)25-15(17)8-10)24-9-16-20-18(26-21-16)13-5-4-6-23-13/h7-8,13H,4-6,9H2,1-3H3. The SMILES string of the molecule is Cc1cc(OCc2noc(C3CCCO3)n2)c2c(C)c(C)c(=O)oc2c1. The highest BCUT2D eigenvalue weighted by atomic mass is 16.5. The zero-order valence-corrected chi connectivity index (χ0v) is 15.0. The van der Waals surface area contributed by atoms with E-state index in [9.17, 15) is 4.79 Å². The minimum Gasteiger partial charge on any atom is -0.485 e. The lowest BCUT2D eigenvalue weighted by Crippen LogP contribution is -2.07. The molecular weight excluding hydrogens is 336 g/mol. The van der Waals surface area contributed by atoms with Crippen LogP contribution in [0.15, 0.2) is 25.9 Å². The van der Waals surface area contributed by atoms with Crippen LogP contribution in [0.4, 0.5) is 0 Å². The largest absolute Gasteiger partial charge is 0.485 e. The molecule has 1 unspecified atom stereocenters. The first kappa shape index (κ1) is 16.8. The van der Waals surface area contributed by atoms with E-state index in [4.69, 9.17) is 18.4 Å².